The highest BCUT2D eigenvalue weighted by Crippen LogP contribution is 2.17. The molecule has 0 saturated carbocycles. The molecule has 1 aromatic rings. The number of amides is 1. The highest BCUT2D eigenvalue weighted by Gasteiger charge is 2.25. The standard InChI is InChI=1S/C18H30N4O.2ClH/c1-15(19)6-7-18(23)21(2)17-9-13-22(14-10-17)12-8-16-5-3-4-11-20-16;;/h3-5,11,15,17H,6-10,12-14,19H2,1-2H3;2*1H. The Balaban J connectivity index is 0.00000288. The molecule has 2 N–H and O–H groups in total. The van der Waals surface area contributed by atoms with Gasteiger partial charge in [-0.15, -0.1) is 24.8 Å². The number of aromatic nitrogens is 1. The summed E-state index contributed by atoms with van der Waals surface area (Å²) in [6.45, 7) is 5.12. The Kier molecular flexibility index (Phi) is 12.0. The molecule has 0 aliphatic carbocycles. The SMILES string of the molecule is CC(N)CCC(=O)N(C)C1CCN(CCc2ccccn2)CC1.Cl.Cl. The summed E-state index contributed by atoms with van der Waals surface area (Å²) < 4.78 is 0. The Bertz CT molecular complexity index is 479. The Hall–Kier alpha value is -0.880. The number of likely N-dealkylation sites (tertiary alicyclic amines) is 1. The molecule has 1 aliphatic heterocycles. The summed E-state index contributed by atoms with van der Waals surface area (Å²) in [6, 6.07) is 6.55. The average Bonchev–Trinajstić information content (AvgIpc) is 2.58. The van der Waals surface area contributed by atoms with Crippen LogP contribution in [0.1, 0.15) is 38.3 Å². The van der Waals surface area contributed by atoms with Crippen LogP contribution in [0.25, 0.3) is 0 Å². The van der Waals surface area contributed by atoms with Gasteiger partial charge in [0.15, 0.2) is 0 Å². The molecule has 5 nitrogen and oxygen atoms in total. The second kappa shape index (κ2) is 12.5. The molecule has 1 aromatic heterocycles. The third-order valence-corrected chi connectivity index (χ3v) is 4.72. The molecule has 2 heterocycles. The van der Waals surface area contributed by atoms with Crippen LogP contribution < -0.4 is 5.73 Å². The average molecular weight is 391 g/mol. The molecule has 1 unspecified atom stereocenters. The van der Waals surface area contributed by atoms with Crippen LogP contribution in [0.4, 0.5) is 0 Å². The van der Waals surface area contributed by atoms with Crippen molar-refractivity contribution in [2.45, 2.75) is 51.1 Å². The Labute approximate surface area is 164 Å². The van der Waals surface area contributed by atoms with E-state index < -0.39 is 0 Å². The minimum absolute atomic E-state index is 0. The largest absolute Gasteiger partial charge is 0.343 e. The fraction of sp³-hybridized carbons (Fsp3) is 0.667. The molecule has 144 valence electrons. The van der Waals surface area contributed by atoms with Crippen LogP contribution >= 0.6 is 24.8 Å². The minimum Gasteiger partial charge on any atom is -0.343 e. The number of carbonyl (C=O) groups excluding carboxylic acids is 1. The van der Waals surface area contributed by atoms with Crippen molar-refractivity contribution in [3.63, 3.8) is 0 Å². The zero-order valence-electron chi connectivity index (χ0n) is 15.3. The van der Waals surface area contributed by atoms with Crippen LogP contribution in [0, 0.1) is 0 Å². The van der Waals surface area contributed by atoms with Crippen molar-refractivity contribution < 1.29 is 4.79 Å². The van der Waals surface area contributed by atoms with E-state index in [1.165, 1.54) is 0 Å². The number of nitrogens with zero attached hydrogens (tertiary/aromatic N) is 3. The summed E-state index contributed by atoms with van der Waals surface area (Å²) in [4.78, 5) is 21.0. The summed E-state index contributed by atoms with van der Waals surface area (Å²) in [7, 11) is 1.94. The molecule has 2 rings (SSSR count). The normalized spacial score (nSPS) is 16.4. The topological polar surface area (TPSA) is 62.5 Å². The molecule has 0 aromatic carbocycles. The van der Waals surface area contributed by atoms with Crippen molar-refractivity contribution in [3.8, 4) is 0 Å². The lowest BCUT2D eigenvalue weighted by molar-refractivity contribution is -0.133. The smallest absolute Gasteiger partial charge is 0.222 e. The van der Waals surface area contributed by atoms with Gasteiger partial charge in [-0.3, -0.25) is 9.78 Å². The molecule has 1 amide bonds. The number of hydrogen-bond acceptors (Lipinski definition) is 4. The number of halogens is 2. The van der Waals surface area contributed by atoms with Crippen molar-refractivity contribution in [1.82, 2.24) is 14.8 Å². The number of piperidine rings is 1. The molecule has 0 spiro atoms. The Morgan fingerprint density at radius 1 is 1.36 bits per heavy atom. The molecule has 0 radical (unpaired) electrons. The van der Waals surface area contributed by atoms with Gasteiger partial charge < -0.3 is 15.5 Å². The summed E-state index contributed by atoms with van der Waals surface area (Å²) in [6.07, 6.45) is 6.30. The van der Waals surface area contributed by atoms with E-state index in [0.717, 1.165) is 51.0 Å². The fourth-order valence-corrected chi connectivity index (χ4v) is 3.08. The van der Waals surface area contributed by atoms with Crippen molar-refractivity contribution in [2.24, 2.45) is 5.73 Å². The van der Waals surface area contributed by atoms with Crippen LogP contribution in [-0.2, 0) is 11.2 Å². The Morgan fingerprint density at radius 3 is 2.60 bits per heavy atom. The van der Waals surface area contributed by atoms with Crippen molar-refractivity contribution >= 4 is 30.7 Å². The second-order valence-corrected chi connectivity index (χ2v) is 6.66. The van der Waals surface area contributed by atoms with E-state index in [0.29, 0.717) is 12.5 Å². The number of hydrogen-bond donors (Lipinski definition) is 1. The summed E-state index contributed by atoms with van der Waals surface area (Å²) >= 11 is 0. The maximum absolute atomic E-state index is 12.2. The van der Waals surface area contributed by atoms with Crippen molar-refractivity contribution in [3.05, 3.63) is 30.1 Å². The monoisotopic (exact) mass is 390 g/mol. The maximum atomic E-state index is 12.2. The summed E-state index contributed by atoms with van der Waals surface area (Å²) in [5.74, 6) is 0.231. The van der Waals surface area contributed by atoms with Gasteiger partial charge in [-0.1, -0.05) is 6.07 Å². The molecule has 7 heteroatoms. The summed E-state index contributed by atoms with van der Waals surface area (Å²) in [5, 5.41) is 0. The van der Waals surface area contributed by atoms with Gasteiger partial charge in [-0.05, 0) is 38.3 Å². The summed E-state index contributed by atoms with van der Waals surface area (Å²) in [5.41, 5.74) is 6.89. The third-order valence-electron chi connectivity index (χ3n) is 4.72. The highest BCUT2D eigenvalue weighted by atomic mass is 35.5. The van der Waals surface area contributed by atoms with Crippen LogP contribution in [0.15, 0.2) is 24.4 Å². The van der Waals surface area contributed by atoms with Gasteiger partial charge in [-0.2, -0.15) is 0 Å². The van der Waals surface area contributed by atoms with Gasteiger partial charge in [0, 0.05) is 63.5 Å². The Morgan fingerprint density at radius 2 is 2.04 bits per heavy atom. The van der Waals surface area contributed by atoms with Crippen LogP contribution in [-0.4, -0.2) is 59.5 Å². The van der Waals surface area contributed by atoms with Gasteiger partial charge in [0.25, 0.3) is 0 Å². The van der Waals surface area contributed by atoms with Gasteiger partial charge in [0.05, 0.1) is 0 Å². The van der Waals surface area contributed by atoms with Gasteiger partial charge in [0.1, 0.15) is 0 Å². The van der Waals surface area contributed by atoms with E-state index in [1.54, 1.807) is 0 Å². The first-order chi connectivity index (χ1) is 11.1. The molecule has 0 bridgehead atoms. The van der Waals surface area contributed by atoms with E-state index in [-0.39, 0.29) is 36.8 Å². The second-order valence-electron chi connectivity index (χ2n) is 6.66. The van der Waals surface area contributed by atoms with E-state index in [2.05, 4.69) is 16.0 Å². The third kappa shape index (κ3) is 8.36. The zero-order valence-corrected chi connectivity index (χ0v) is 16.9. The lowest BCUT2D eigenvalue weighted by Gasteiger charge is -2.37. The molecule has 1 atom stereocenters. The first kappa shape index (κ1) is 24.1. The fourth-order valence-electron chi connectivity index (χ4n) is 3.08. The van der Waals surface area contributed by atoms with E-state index in [9.17, 15) is 4.79 Å². The van der Waals surface area contributed by atoms with Gasteiger partial charge in [-0.25, -0.2) is 0 Å². The highest BCUT2D eigenvalue weighted by molar-refractivity contribution is 5.85. The molecular weight excluding hydrogens is 359 g/mol. The molecule has 1 fully saturated rings. The molecule has 1 saturated heterocycles. The molecule has 25 heavy (non-hydrogen) atoms. The maximum Gasteiger partial charge on any atom is 0.222 e. The predicted molar refractivity (Wildman–Crippen MR) is 108 cm³/mol. The van der Waals surface area contributed by atoms with E-state index in [1.807, 2.05) is 37.2 Å². The number of nitrogens with two attached hydrogens (primary N) is 1. The van der Waals surface area contributed by atoms with Crippen LogP contribution in [0.2, 0.25) is 0 Å². The van der Waals surface area contributed by atoms with Gasteiger partial charge in [0.2, 0.25) is 5.91 Å². The zero-order chi connectivity index (χ0) is 16.7. The number of rotatable bonds is 7. The number of pyridine rings is 1. The predicted octanol–water partition coefficient (Wildman–Crippen LogP) is 2.52. The lowest BCUT2D eigenvalue weighted by Crippen LogP contribution is -2.46. The first-order valence-electron chi connectivity index (χ1n) is 8.69. The van der Waals surface area contributed by atoms with Crippen molar-refractivity contribution in [2.75, 3.05) is 26.7 Å². The molecule has 1 aliphatic rings. The number of carbonyl (C=O) groups is 1. The van der Waals surface area contributed by atoms with Crippen LogP contribution in [0.5, 0.6) is 0 Å². The van der Waals surface area contributed by atoms with E-state index >= 15 is 0 Å². The molecular formula is C18H32Cl2N4O. The lowest BCUT2D eigenvalue weighted by atomic mass is 10.0. The van der Waals surface area contributed by atoms with Crippen molar-refractivity contribution in [1.29, 1.82) is 0 Å². The van der Waals surface area contributed by atoms with Gasteiger partial charge >= 0.3 is 0 Å². The first-order valence-corrected chi connectivity index (χ1v) is 8.69. The quantitative estimate of drug-likeness (QED) is 0.776. The van der Waals surface area contributed by atoms with E-state index in [4.69, 9.17) is 5.73 Å². The minimum atomic E-state index is 0. The van der Waals surface area contributed by atoms with Crippen LogP contribution in [0.3, 0.4) is 0 Å².